The Morgan fingerprint density at radius 3 is 2.74 bits per heavy atom. The van der Waals surface area contributed by atoms with E-state index >= 15 is 0 Å². The molecule has 2 heterocycles. The molecule has 2 N–H and O–H groups in total. The number of anilines is 1. The van der Waals surface area contributed by atoms with Gasteiger partial charge in [-0.25, -0.2) is 0 Å². The molecule has 1 aliphatic rings. The second-order valence-electron chi connectivity index (χ2n) is 6.50. The summed E-state index contributed by atoms with van der Waals surface area (Å²) in [6, 6.07) is 9.34. The third kappa shape index (κ3) is 3.00. The fourth-order valence-electron chi connectivity index (χ4n) is 3.63. The van der Waals surface area contributed by atoms with E-state index in [4.69, 9.17) is 9.47 Å². The Morgan fingerprint density at radius 2 is 2.00 bits per heavy atom. The van der Waals surface area contributed by atoms with Gasteiger partial charge in [0.15, 0.2) is 11.5 Å². The summed E-state index contributed by atoms with van der Waals surface area (Å²) >= 11 is 0. The van der Waals surface area contributed by atoms with Crippen molar-refractivity contribution in [1.82, 2.24) is 9.97 Å². The largest absolute Gasteiger partial charge is 0.493 e. The smallest absolute Gasteiger partial charge is 0.282 e. The normalized spacial score (nSPS) is 13.5. The Hall–Kier alpha value is -3.06. The van der Waals surface area contributed by atoms with Crippen molar-refractivity contribution in [3.05, 3.63) is 57.4 Å². The second kappa shape index (κ2) is 6.92. The third-order valence-corrected chi connectivity index (χ3v) is 5.04. The average Bonchev–Trinajstić information content (AvgIpc) is 2.71. The number of aromatic nitrogens is 2. The van der Waals surface area contributed by atoms with Crippen LogP contribution in [0, 0.1) is 0 Å². The van der Waals surface area contributed by atoms with Gasteiger partial charge in [-0.1, -0.05) is 18.2 Å². The molecular weight excluding hydrogens is 346 g/mol. The maximum Gasteiger partial charge on any atom is 0.282 e. The monoisotopic (exact) mass is 367 g/mol. The molecule has 0 atom stereocenters. The van der Waals surface area contributed by atoms with Crippen LogP contribution in [0.4, 0.5) is 5.95 Å². The van der Waals surface area contributed by atoms with Gasteiger partial charge in [0.1, 0.15) is 0 Å². The molecule has 140 valence electrons. The summed E-state index contributed by atoms with van der Waals surface area (Å²) < 4.78 is 10.6. The molecular formula is C20H21N3O4. The van der Waals surface area contributed by atoms with Gasteiger partial charge in [-0.15, -0.1) is 0 Å². The van der Waals surface area contributed by atoms with Crippen LogP contribution in [0.1, 0.15) is 16.7 Å². The maximum atomic E-state index is 12.6. The molecule has 2 aromatic carbocycles. The number of nitrogens with one attached hydrogen (secondary N) is 1. The molecule has 0 bridgehead atoms. The van der Waals surface area contributed by atoms with E-state index in [0.29, 0.717) is 41.4 Å². The quantitative estimate of drug-likeness (QED) is 0.733. The molecule has 1 aliphatic heterocycles. The minimum Gasteiger partial charge on any atom is -0.493 e. The van der Waals surface area contributed by atoms with Crippen LogP contribution in [0.5, 0.6) is 11.5 Å². The summed E-state index contributed by atoms with van der Waals surface area (Å²) in [6.07, 6.45) is 0.791. The molecule has 1 aromatic heterocycles. The molecule has 0 radical (unpaired) electrons. The number of rotatable bonds is 4. The highest BCUT2D eigenvalue weighted by molar-refractivity contribution is 5.82. The Kier molecular flexibility index (Phi) is 4.45. The number of aliphatic hydroxyl groups is 1. The van der Waals surface area contributed by atoms with E-state index in [2.05, 4.69) is 9.97 Å². The molecule has 0 aliphatic carbocycles. The van der Waals surface area contributed by atoms with Gasteiger partial charge in [0.05, 0.1) is 31.7 Å². The molecule has 3 aromatic rings. The molecule has 0 unspecified atom stereocenters. The van der Waals surface area contributed by atoms with Gasteiger partial charge in [-0.3, -0.25) is 4.79 Å². The molecule has 0 amide bonds. The number of H-pyrrole nitrogens is 1. The van der Waals surface area contributed by atoms with Crippen molar-refractivity contribution in [2.24, 2.45) is 0 Å². The van der Waals surface area contributed by atoms with Gasteiger partial charge in [0.2, 0.25) is 5.95 Å². The number of nitrogens with zero attached hydrogens (tertiary/aromatic N) is 2. The standard InChI is InChI=1S/C20H21N3O4/c1-26-17-8-15-16(9-18(17)27-2)21-20(22-19(15)25)23-7-6-14-12(10-23)4-3-5-13(14)11-24/h3-5,8-9,24H,6-7,10-11H2,1-2H3,(H,21,22,25). The lowest BCUT2D eigenvalue weighted by atomic mass is 9.95. The Bertz CT molecular complexity index is 1060. The highest BCUT2D eigenvalue weighted by Gasteiger charge is 2.21. The first-order chi connectivity index (χ1) is 13.1. The molecule has 7 heteroatoms. The van der Waals surface area contributed by atoms with E-state index < -0.39 is 0 Å². The zero-order valence-corrected chi connectivity index (χ0v) is 15.3. The van der Waals surface area contributed by atoms with Crippen molar-refractivity contribution in [2.75, 3.05) is 25.7 Å². The minimum absolute atomic E-state index is 0.0376. The van der Waals surface area contributed by atoms with Crippen LogP contribution in [-0.2, 0) is 19.6 Å². The highest BCUT2D eigenvalue weighted by Crippen LogP contribution is 2.31. The van der Waals surface area contributed by atoms with Crippen LogP contribution in [0.15, 0.2) is 35.1 Å². The maximum absolute atomic E-state index is 12.6. The summed E-state index contributed by atoms with van der Waals surface area (Å²) in [4.78, 5) is 22.1. The average molecular weight is 367 g/mol. The predicted octanol–water partition coefficient (Wildman–Crippen LogP) is 2.00. The SMILES string of the molecule is COc1cc2[nH]c(N3CCc4c(CO)cccc4C3)nc(=O)c2cc1OC. The number of methoxy groups -OCH3 is 2. The summed E-state index contributed by atoms with van der Waals surface area (Å²) in [7, 11) is 3.09. The minimum atomic E-state index is -0.311. The van der Waals surface area contributed by atoms with Crippen molar-refractivity contribution < 1.29 is 14.6 Å². The zero-order valence-electron chi connectivity index (χ0n) is 15.3. The fourth-order valence-corrected chi connectivity index (χ4v) is 3.63. The fraction of sp³-hybridized carbons (Fsp3) is 0.300. The molecule has 4 rings (SSSR count). The molecule has 0 saturated heterocycles. The number of hydrogen-bond acceptors (Lipinski definition) is 6. The summed E-state index contributed by atoms with van der Waals surface area (Å²) in [6.45, 7) is 1.38. The number of aromatic amines is 1. The van der Waals surface area contributed by atoms with Gasteiger partial charge in [0, 0.05) is 19.2 Å². The van der Waals surface area contributed by atoms with Crippen LogP contribution in [-0.4, -0.2) is 35.8 Å². The molecule has 0 spiro atoms. The van der Waals surface area contributed by atoms with E-state index in [9.17, 15) is 9.90 Å². The van der Waals surface area contributed by atoms with Gasteiger partial charge in [-0.05, 0) is 29.2 Å². The van der Waals surface area contributed by atoms with E-state index in [1.165, 1.54) is 12.7 Å². The second-order valence-corrected chi connectivity index (χ2v) is 6.50. The van der Waals surface area contributed by atoms with E-state index in [-0.39, 0.29) is 12.2 Å². The van der Waals surface area contributed by atoms with Crippen LogP contribution in [0.25, 0.3) is 10.9 Å². The Labute approximate surface area is 156 Å². The molecule has 7 nitrogen and oxygen atoms in total. The first-order valence-electron chi connectivity index (χ1n) is 8.76. The Balaban J connectivity index is 1.75. The van der Waals surface area contributed by atoms with Gasteiger partial charge >= 0.3 is 0 Å². The lowest BCUT2D eigenvalue weighted by Crippen LogP contribution is -2.33. The molecule has 0 fully saturated rings. The van der Waals surface area contributed by atoms with Crippen molar-refractivity contribution in [2.45, 2.75) is 19.6 Å². The lowest BCUT2D eigenvalue weighted by molar-refractivity contribution is 0.280. The lowest BCUT2D eigenvalue weighted by Gasteiger charge is -2.30. The summed E-state index contributed by atoms with van der Waals surface area (Å²) in [5.74, 6) is 1.57. The van der Waals surface area contributed by atoms with Crippen molar-refractivity contribution in [1.29, 1.82) is 0 Å². The van der Waals surface area contributed by atoms with Gasteiger partial charge < -0.3 is 24.5 Å². The van der Waals surface area contributed by atoms with Crippen molar-refractivity contribution in [3.8, 4) is 11.5 Å². The van der Waals surface area contributed by atoms with Crippen LogP contribution < -0.4 is 19.9 Å². The third-order valence-electron chi connectivity index (χ3n) is 5.04. The van der Waals surface area contributed by atoms with Crippen molar-refractivity contribution >= 4 is 16.9 Å². The zero-order chi connectivity index (χ0) is 19.0. The summed E-state index contributed by atoms with van der Waals surface area (Å²) in [5, 5.41) is 9.98. The van der Waals surface area contributed by atoms with Crippen LogP contribution in [0.3, 0.4) is 0 Å². The van der Waals surface area contributed by atoms with Gasteiger partial charge in [-0.2, -0.15) is 4.98 Å². The number of aliphatic hydroxyl groups excluding tert-OH is 1. The Morgan fingerprint density at radius 1 is 1.22 bits per heavy atom. The predicted molar refractivity (Wildman–Crippen MR) is 103 cm³/mol. The van der Waals surface area contributed by atoms with Crippen LogP contribution in [0.2, 0.25) is 0 Å². The number of ether oxygens (including phenoxy) is 2. The number of fused-ring (bicyclic) bond motifs is 2. The first-order valence-corrected chi connectivity index (χ1v) is 8.76. The highest BCUT2D eigenvalue weighted by atomic mass is 16.5. The van der Waals surface area contributed by atoms with Crippen LogP contribution >= 0.6 is 0 Å². The number of benzene rings is 2. The molecule has 27 heavy (non-hydrogen) atoms. The topological polar surface area (TPSA) is 87.7 Å². The molecule has 0 saturated carbocycles. The first kappa shape index (κ1) is 17.4. The number of hydrogen-bond donors (Lipinski definition) is 2. The van der Waals surface area contributed by atoms with E-state index in [1.54, 1.807) is 19.2 Å². The van der Waals surface area contributed by atoms with Crippen molar-refractivity contribution in [3.63, 3.8) is 0 Å². The van der Waals surface area contributed by atoms with E-state index in [1.807, 2.05) is 23.1 Å². The van der Waals surface area contributed by atoms with E-state index in [0.717, 1.165) is 17.5 Å². The summed E-state index contributed by atoms with van der Waals surface area (Å²) in [5.41, 5.74) is 3.63. The van der Waals surface area contributed by atoms with Gasteiger partial charge in [0.25, 0.3) is 5.56 Å².